The number of carbonyl (C=O) groups is 1. The first-order chi connectivity index (χ1) is 6.79. The Morgan fingerprint density at radius 1 is 1.07 bits per heavy atom. The lowest BCUT2D eigenvalue weighted by atomic mass is 9.92. The molecule has 2 fully saturated rings. The van der Waals surface area contributed by atoms with Crippen molar-refractivity contribution in [3.05, 3.63) is 0 Å². The molecule has 0 spiro atoms. The van der Waals surface area contributed by atoms with Crippen LogP contribution < -0.4 is 5.73 Å². The molecule has 2 N–H and O–H groups in total. The van der Waals surface area contributed by atoms with Gasteiger partial charge in [0.15, 0.2) is 0 Å². The molecule has 1 aliphatic carbocycles. The predicted molar refractivity (Wildman–Crippen MR) is 55.8 cm³/mol. The van der Waals surface area contributed by atoms with Crippen molar-refractivity contribution in [2.45, 2.75) is 57.0 Å². The van der Waals surface area contributed by atoms with Crippen molar-refractivity contribution in [1.82, 2.24) is 4.90 Å². The Balaban J connectivity index is 1.86. The van der Waals surface area contributed by atoms with E-state index in [1.807, 2.05) is 4.90 Å². The first kappa shape index (κ1) is 9.97. The smallest absolute Gasteiger partial charge is 0.241 e. The van der Waals surface area contributed by atoms with Gasteiger partial charge in [-0.1, -0.05) is 32.1 Å². The molecule has 0 aromatic carbocycles. The number of β-lactam (4-membered cyclic amide) rings is 1. The minimum atomic E-state index is -0.194. The first-order valence-corrected chi connectivity index (χ1v) is 5.85. The van der Waals surface area contributed by atoms with Crippen LogP contribution in [-0.2, 0) is 4.79 Å². The van der Waals surface area contributed by atoms with Crippen molar-refractivity contribution in [3.8, 4) is 0 Å². The van der Waals surface area contributed by atoms with Crippen molar-refractivity contribution in [1.29, 1.82) is 0 Å². The van der Waals surface area contributed by atoms with Gasteiger partial charge in [-0.2, -0.15) is 0 Å². The van der Waals surface area contributed by atoms with E-state index in [-0.39, 0.29) is 11.9 Å². The van der Waals surface area contributed by atoms with Gasteiger partial charge in [0.05, 0.1) is 0 Å². The highest BCUT2D eigenvalue weighted by Gasteiger charge is 2.37. The normalized spacial score (nSPS) is 30.8. The number of amides is 1. The zero-order valence-electron chi connectivity index (χ0n) is 8.74. The number of rotatable bonds is 1. The molecule has 2 rings (SSSR count). The molecule has 0 aromatic heterocycles. The molecule has 3 heteroatoms. The van der Waals surface area contributed by atoms with E-state index in [1.54, 1.807) is 0 Å². The van der Waals surface area contributed by atoms with Crippen LogP contribution in [0.3, 0.4) is 0 Å². The highest BCUT2D eigenvalue weighted by atomic mass is 16.2. The summed E-state index contributed by atoms with van der Waals surface area (Å²) in [5.41, 5.74) is 5.60. The average molecular weight is 196 g/mol. The molecule has 1 heterocycles. The maximum atomic E-state index is 11.5. The number of hydrogen-bond acceptors (Lipinski definition) is 2. The molecular formula is C11H20N2O. The van der Waals surface area contributed by atoms with E-state index < -0.39 is 0 Å². The van der Waals surface area contributed by atoms with E-state index in [0.717, 1.165) is 6.54 Å². The molecule has 1 amide bonds. The summed E-state index contributed by atoms with van der Waals surface area (Å²) in [5, 5.41) is 0. The summed E-state index contributed by atoms with van der Waals surface area (Å²) >= 11 is 0. The molecule has 1 aliphatic heterocycles. The quantitative estimate of drug-likeness (QED) is 0.642. The second-order valence-corrected chi connectivity index (χ2v) is 4.60. The standard InChI is InChI=1S/C11H20N2O/c12-10-8-13(11(10)14)9-6-4-2-1-3-5-7-9/h9-10H,1-8,12H2. The number of nitrogens with two attached hydrogens (primary N) is 1. The zero-order chi connectivity index (χ0) is 9.97. The Bertz CT molecular complexity index is 209. The number of likely N-dealkylation sites (tertiary alicyclic amines) is 1. The van der Waals surface area contributed by atoms with Crippen molar-refractivity contribution >= 4 is 5.91 Å². The van der Waals surface area contributed by atoms with E-state index in [0.29, 0.717) is 6.04 Å². The minimum Gasteiger partial charge on any atom is -0.336 e. The van der Waals surface area contributed by atoms with Crippen LogP contribution >= 0.6 is 0 Å². The summed E-state index contributed by atoms with van der Waals surface area (Å²) in [7, 11) is 0. The Kier molecular flexibility index (Phi) is 3.06. The SMILES string of the molecule is NC1CN(C2CCCCCCC2)C1=O. The van der Waals surface area contributed by atoms with Gasteiger partial charge in [-0.05, 0) is 12.8 Å². The molecule has 80 valence electrons. The van der Waals surface area contributed by atoms with E-state index in [4.69, 9.17) is 5.73 Å². The van der Waals surface area contributed by atoms with E-state index in [2.05, 4.69) is 0 Å². The van der Waals surface area contributed by atoms with Crippen molar-refractivity contribution < 1.29 is 4.79 Å². The maximum Gasteiger partial charge on any atom is 0.241 e. The molecule has 1 atom stereocenters. The zero-order valence-corrected chi connectivity index (χ0v) is 8.74. The highest BCUT2D eigenvalue weighted by Crippen LogP contribution is 2.25. The molecule has 1 saturated heterocycles. The molecule has 0 bridgehead atoms. The molecular weight excluding hydrogens is 176 g/mol. The summed E-state index contributed by atoms with van der Waals surface area (Å²) < 4.78 is 0. The molecule has 0 aromatic rings. The second kappa shape index (κ2) is 4.30. The molecule has 3 nitrogen and oxygen atoms in total. The Morgan fingerprint density at radius 2 is 1.64 bits per heavy atom. The maximum absolute atomic E-state index is 11.5. The van der Waals surface area contributed by atoms with Gasteiger partial charge in [-0.25, -0.2) is 0 Å². The highest BCUT2D eigenvalue weighted by molar-refractivity contribution is 5.87. The Morgan fingerprint density at radius 3 is 2.14 bits per heavy atom. The summed E-state index contributed by atoms with van der Waals surface area (Å²) in [6.45, 7) is 0.795. The van der Waals surface area contributed by atoms with Crippen LogP contribution in [0.5, 0.6) is 0 Å². The summed E-state index contributed by atoms with van der Waals surface area (Å²) in [5.74, 6) is 0.176. The lowest BCUT2D eigenvalue weighted by molar-refractivity contribution is -0.146. The van der Waals surface area contributed by atoms with Gasteiger partial charge in [0.1, 0.15) is 6.04 Å². The third-order valence-corrected chi connectivity index (χ3v) is 3.51. The van der Waals surface area contributed by atoms with E-state index in [1.165, 1.54) is 44.9 Å². The Labute approximate surface area is 85.6 Å². The van der Waals surface area contributed by atoms with Gasteiger partial charge in [0.2, 0.25) is 5.91 Å². The minimum absolute atomic E-state index is 0.176. The van der Waals surface area contributed by atoms with Crippen LogP contribution in [-0.4, -0.2) is 29.4 Å². The number of hydrogen-bond donors (Lipinski definition) is 1. The third kappa shape index (κ3) is 1.92. The molecule has 1 saturated carbocycles. The number of nitrogens with zero attached hydrogens (tertiary/aromatic N) is 1. The largest absolute Gasteiger partial charge is 0.336 e. The molecule has 1 unspecified atom stereocenters. The summed E-state index contributed by atoms with van der Waals surface area (Å²) in [4.78, 5) is 13.5. The van der Waals surface area contributed by atoms with Crippen LogP contribution in [0, 0.1) is 0 Å². The van der Waals surface area contributed by atoms with Gasteiger partial charge in [-0.3, -0.25) is 4.79 Å². The van der Waals surface area contributed by atoms with Gasteiger partial charge in [0, 0.05) is 12.6 Å². The van der Waals surface area contributed by atoms with E-state index >= 15 is 0 Å². The fourth-order valence-corrected chi connectivity index (χ4v) is 2.56. The number of carbonyl (C=O) groups excluding carboxylic acids is 1. The van der Waals surface area contributed by atoms with Gasteiger partial charge < -0.3 is 10.6 Å². The Hall–Kier alpha value is -0.570. The lowest BCUT2D eigenvalue weighted by Crippen LogP contribution is -2.64. The van der Waals surface area contributed by atoms with Gasteiger partial charge >= 0.3 is 0 Å². The van der Waals surface area contributed by atoms with Crippen LogP contribution in [0.25, 0.3) is 0 Å². The predicted octanol–water partition coefficient (Wildman–Crippen LogP) is 1.27. The van der Waals surface area contributed by atoms with Gasteiger partial charge in [0.25, 0.3) is 0 Å². The first-order valence-electron chi connectivity index (χ1n) is 5.85. The van der Waals surface area contributed by atoms with Crippen molar-refractivity contribution in [2.24, 2.45) is 5.73 Å². The van der Waals surface area contributed by atoms with Crippen molar-refractivity contribution in [3.63, 3.8) is 0 Å². The lowest BCUT2D eigenvalue weighted by Gasteiger charge is -2.42. The monoisotopic (exact) mass is 196 g/mol. The van der Waals surface area contributed by atoms with Crippen LogP contribution in [0.2, 0.25) is 0 Å². The van der Waals surface area contributed by atoms with E-state index in [9.17, 15) is 4.79 Å². The average Bonchev–Trinajstić information content (AvgIpc) is 2.15. The van der Waals surface area contributed by atoms with Crippen LogP contribution in [0.15, 0.2) is 0 Å². The van der Waals surface area contributed by atoms with Crippen molar-refractivity contribution in [2.75, 3.05) is 6.54 Å². The summed E-state index contributed by atoms with van der Waals surface area (Å²) in [6.07, 6.45) is 9.00. The van der Waals surface area contributed by atoms with Crippen LogP contribution in [0.1, 0.15) is 44.9 Å². The summed E-state index contributed by atoms with van der Waals surface area (Å²) in [6, 6.07) is 0.308. The topological polar surface area (TPSA) is 46.3 Å². The van der Waals surface area contributed by atoms with Gasteiger partial charge in [-0.15, -0.1) is 0 Å². The molecule has 2 aliphatic rings. The second-order valence-electron chi connectivity index (χ2n) is 4.60. The third-order valence-electron chi connectivity index (χ3n) is 3.51. The molecule has 0 radical (unpaired) electrons. The fourth-order valence-electron chi connectivity index (χ4n) is 2.56. The van der Waals surface area contributed by atoms with Crippen LogP contribution in [0.4, 0.5) is 0 Å². The fraction of sp³-hybridized carbons (Fsp3) is 0.909. The molecule has 14 heavy (non-hydrogen) atoms.